The molecule has 0 saturated heterocycles. The van der Waals surface area contributed by atoms with Gasteiger partial charge in [-0.15, -0.1) is 0 Å². The molecular formula is C16H25N3O. The van der Waals surface area contributed by atoms with Crippen LogP contribution in [0.15, 0.2) is 28.8 Å². The third kappa shape index (κ3) is 3.31. The minimum absolute atomic E-state index is 0.175. The minimum atomic E-state index is 0.175. The molecule has 0 aliphatic rings. The first-order chi connectivity index (χ1) is 9.67. The molecule has 0 aromatic carbocycles. The second kappa shape index (κ2) is 6.75. The lowest BCUT2D eigenvalue weighted by molar-refractivity contribution is 0.403. The summed E-state index contributed by atoms with van der Waals surface area (Å²) < 4.78 is 7.80. The maximum Gasteiger partial charge on any atom is 0.121 e. The van der Waals surface area contributed by atoms with Crippen LogP contribution in [0.1, 0.15) is 56.0 Å². The standard InChI is InChI=1S/C16H25N3O/c1-5-14(6-2)19-10-9-13(18-19)11-15(17-4)16-8-7-12(3)20-16/h7-10,14-15,17H,5-6,11H2,1-4H3. The minimum Gasteiger partial charge on any atom is -0.465 e. The number of nitrogens with one attached hydrogen (secondary N) is 1. The third-order valence-corrected chi connectivity index (χ3v) is 3.85. The van der Waals surface area contributed by atoms with E-state index in [4.69, 9.17) is 9.52 Å². The highest BCUT2D eigenvalue weighted by molar-refractivity contribution is 5.13. The van der Waals surface area contributed by atoms with Crippen molar-refractivity contribution >= 4 is 0 Å². The zero-order valence-electron chi connectivity index (χ0n) is 12.9. The highest BCUT2D eigenvalue weighted by atomic mass is 16.3. The van der Waals surface area contributed by atoms with Gasteiger partial charge in [0.15, 0.2) is 0 Å². The van der Waals surface area contributed by atoms with E-state index in [1.54, 1.807) is 0 Å². The van der Waals surface area contributed by atoms with E-state index in [0.29, 0.717) is 6.04 Å². The maximum absolute atomic E-state index is 5.71. The Hall–Kier alpha value is -1.55. The van der Waals surface area contributed by atoms with Gasteiger partial charge in [-0.05, 0) is 45.0 Å². The second-order valence-corrected chi connectivity index (χ2v) is 5.25. The van der Waals surface area contributed by atoms with E-state index < -0.39 is 0 Å². The Bertz CT molecular complexity index is 525. The topological polar surface area (TPSA) is 43.0 Å². The van der Waals surface area contributed by atoms with E-state index in [1.807, 2.05) is 26.1 Å². The molecule has 1 atom stereocenters. The van der Waals surface area contributed by atoms with Crippen LogP contribution in [0.4, 0.5) is 0 Å². The first-order valence-corrected chi connectivity index (χ1v) is 7.45. The molecule has 0 aliphatic heterocycles. The highest BCUT2D eigenvalue weighted by Crippen LogP contribution is 2.21. The largest absolute Gasteiger partial charge is 0.465 e. The average molecular weight is 275 g/mol. The van der Waals surface area contributed by atoms with Crippen molar-refractivity contribution in [3.63, 3.8) is 0 Å². The Kier molecular flexibility index (Phi) is 5.01. The fraction of sp³-hybridized carbons (Fsp3) is 0.562. The van der Waals surface area contributed by atoms with Crippen LogP contribution in [0, 0.1) is 6.92 Å². The lowest BCUT2D eigenvalue weighted by Crippen LogP contribution is -2.18. The molecule has 20 heavy (non-hydrogen) atoms. The van der Waals surface area contributed by atoms with Gasteiger partial charge in [0.2, 0.25) is 0 Å². The van der Waals surface area contributed by atoms with Crippen LogP contribution in [0.2, 0.25) is 0 Å². The van der Waals surface area contributed by atoms with E-state index >= 15 is 0 Å². The molecule has 0 aliphatic carbocycles. The number of hydrogen-bond acceptors (Lipinski definition) is 3. The van der Waals surface area contributed by atoms with Crippen molar-refractivity contribution < 1.29 is 4.42 Å². The van der Waals surface area contributed by atoms with Gasteiger partial charge in [-0.1, -0.05) is 13.8 Å². The predicted molar refractivity (Wildman–Crippen MR) is 80.8 cm³/mol. The molecular weight excluding hydrogens is 250 g/mol. The first kappa shape index (κ1) is 14.9. The van der Waals surface area contributed by atoms with E-state index in [1.165, 1.54) is 0 Å². The molecule has 2 aromatic rings. The number of hydrogen-bond donors (Lipinski definition) is 1. The second-order valence-electron chi connectivity index (χ2n) is 5.25. The van der Waals surface area contributed by atoms with E-state index in [9.17, 15) is 0 Å². The number of furan rings is 1. The van der Waals surface area contributed by atoms with Gasteiger partial charge < -0.3 is 9.73 Å². The fourth-order valence-electron chi connectivity index (χ4n) is 2.55. The van der Waals surface area contributed by atoms with Crippen LogP contribution in [0.25, 0.3) is 0 Å². The smallest absolute Gasteiger partial charge is 0.121 e. The van der Waals surface area contributed by atoms with Gasteiger partial charge in [0.05, 0.1) is 17.8 Å². The Morgan fingerprint density at radius 1 is 1.25 bits per heavy atom. The van der Waals surface area contributed by atoms with Crippen molar-refractivity contribution in [1.82, 2.24) is 15.1 Å². The maximum atomic E-state index is 5.71. The van der Waals surface area contributed by atoms with Crippen molar-refractivity contribution in [2.45, 2.75) is 52.1 Å². The Labute approximate surface area is 121 Å². The summed E-state index contributed by atoms with van der Waals surface area (Å²) in [6.07, 6.45) is 5.17. The summed E-state index contributed by atoms with van der Waals surface area (Å²) in [7, 11) is 1.96. The summed E-state index contributed by atoms with van der Waals surface area (Å²) in [5.74, 6) is 1.92. The molecule has 0 radical (unpaired) electrons. The van der Waals surface area contributed by atoms with Crippen LogP contribution in [0.3, 0.4) is 0 Å². The number of rotatable bonds is 7. The Morgan fingerprint density at radius 3 is 2.55 bits per heavy atom. The summed E-state index contributed by atoms with van der Waals surface area (Å²) >= 11 is 0. The normalized spacial score (nSPS) is 13.1. The number of aryl methyl sites for hydroxylation is 1. The number of aromatic nitrogens is 2. The molecule has 0 saturated carbocycles. The molecule has 0 fully saturated rings. The Balaban J connectivity index is 2.08. The quantitative estimate of drug-likeness (QED) is 0.838. The molecule has 2 aromatic heterocycles. The molecule has 2 heterocycles. The van der Waals surface area contributed by atoms with Gasteiger partial charge >= 0.3 is 0 Å². The van der Waals surface area contributed by atoms with Crippen LogP contribution in [-0.4, -0.2) is 16.8 Å². The fourth-order valence-corrected chi connectivity index (χ4v) is 2.55. The van der Waals surface area contributed by atoms with E-state index in [2.05, 4.69) is 36.1 Å². The highest BCUT2D eigenvalue weighted by Gasteiger charge is 2.16. The summed E-state index contributed by atoms with van der Waals surface area (Å²) in [5, 5.41) is 8.01. The zero-order chi connectivity index (χ0) is 14.5. The zero-order valence-corrected chi connectivity index (χ0v) is 12.9. The molecule has 4 nitrogen and oxygen atoms in total. The van der Waals surface area contributed by atoms with Crippen LogP contribution in [0.5, 0.6) is 0 Å². The van der Waals surface area contributed by atoms with Gasteiger partial charge in [-0.25, -0.2) is 0 Å². The summed E-state index contributed by atoms with van der Waals surface area (Å²) in [6, 6.07) is 6.83. The number of nitrogens with zero attached hydrogens (tertiary/aromatic N) is 2. The van der Waals surface area contributed by atoms with Gasteiger partial charge in [0.25, 0.3) is 0 Å². The lowest BCUT2D eigenvalue weighted by Gasteiger charge is -2.14. The molecule has 1 N–H and O–H groups in total. The van der Waals surface area contributed by atoms with Gasteiger partial charge in [0.1, 0.15) is 11.5 Å². The molecule has 1 unspecified atom stereocenters. The van der Waals surface area contributed by atoms with Crippen molar-refractivity contribution in [2.75, 3.05) is 7.05 Å². The van der Waals surface area contributed by atoms with Crippen molar-refractivity contribution in [1.29, 1.82) is 0 Å². The average Bonchev–Trinajstić information content (AvgIpc) is 3.07. The predicted octanol–water partition coefficient (Wildman–Crippen LogP) is 3.65. The van der Waals surface area contributed by atoms with E-state index in [-0.39, 0.29) is 6.04 Å². The molecule has 0 bridgehead atoms. The number of likely N-dealkylation sites (N-methyl/N-ethyl adjacent to an activating group) is 1. The third-order valence-electron chi connectivity index (χ3n) is 3.85. The van der Waals surface area contributed by atoms with Crippen LogP contribution < -0.4 is 5.32 Å². The Morgan fingerprint density at radius 2 is 2.00 bits per heavy atom. The van der Waals surface area contributed by atoms with Crippen molar-refractivity contribution in [2.24, 2.45) is 0 Å². The van der Waals surface area contributed by atoms with Crippen molar-refractivity contribution in [3.8, 4) is 0 Å². The lowest BCUT2D eigenvalue weighted by atomic mass is 10.1. The summed E-state index contributed by atoms with van der Waals surface area (Å²) in [5.41, 5.74) is 1.10. The SMILES string of the molecule is CCC(CC)n1ccc(CC(NC)c2ccc(C)o2)n1. The molecule has 110 valence electrons. The molecule has 0 amide bonds. The van der Waals surface area contributed by atoms with E-state index in [0.717, 1.165) is 36.5 Å². The van der Waals surface area contributed by atoms with Crippen LogP contribution in [-0.2, 0) is 6.42 Å². The van der Waals surface area contributed by atoms with Crippen LogP contribution >= 0.6 is 0 Å². The van der Waals surface area contributed by atoms with Crippen molar-refractivity contribution in [3.05, 3.63) is 41.6 Å². The summed E-state index contributed by atoms with van der Waals surface area (Å²) in [4.78, 5) is 0. The molecule has 0 spiro atoms. The van der Waals surface area contributed by atoms with Gasteiger partial charge in [0, 0.05) is 12.6 Å². The summed E-state index contributed by atoms with van der Waals surface area (Å²) in [6.45, 7) is 6.38. The van der Waals surface area contributed by atoms with Gasteiger partial charge in [-0.2, -0.15) is 5.10 Å². The van der Waals surface area contributed by atoms with Gasteiger partial charge in [-0.3, -0.25) is 4.68 Å². The molecule has 2 rings (SSSR count). The molecule has 4 heteroatoms. The monoisotopic (exact) mass is 275 g/mol. The first-order valence-electron chi connectivity index (χ1n) is 7.45.